The molecule has 0 bridgehead atoms. The lowest BCUT2D eigenvalue weighted by Gasteiger charge is -2.38. The molecule has 2 atom stereocenters. The van der Waals surface area contributed by atoms with Gasteiger partial charge in [-0.15, -0.1) is 0 Å². The third kappa shape index (κ3) is 8.06. The van der Waals surface area contributed by atoms with Gasteiger partial charge in [-0.05, 0) is 26.3 Å². The largest absolute Gasteiger partial charge is 0.445 e. The van der Waals surface area contributed by atoms with Gasteiger partial charge in [0.25, 0.3) is 0 Å². The maximum absolute atomic E-state index is 12.3. The van der Waals surface area contributed by atoms with E-state index in [1.54, 1.807) is 20.8 Å². The molecule has 0 saturated carbocycles. The standard InChI is InChI=1S/C25H33N7O7/c1-25(2,3)39-22(34)26-9-17-11-31(12-17)24(36)38-15-18-10-27-32(30-18)13-19-20(21(33)28-19)29-23(35)37-14-16-7-5-4-6-8-16/h4-8,10,17,19-20H,9,11-15H2,1-3H3,(H,26,34)(H,28,33)(H,29,35)/t19-,20+/m1/s1. The van der Waals surface area contributed by atoms with Gasteiger partial charge in [0.05, 0.1) is 18.8 Å². The average Bonchev–Trinajstić information content (AvgIpc) is 3.30. The molecule has 4 rings (SSSR count). The Bertz CT molecular complexity index is 1170. The van der Waals surface area contributed by atoms with Crippen LogP contribution >= 0.6 is 0 Å². The van der Waals surface area contributed by atoms with E-state index in [4.69, 9.17) is 14.2 Å². The summed E-state index contributed by atoms with van der Waals surface area (Å²) in [5.41, 5.74) is 0.701. The number of hydrogen-bond acceptors (Lipinski definition) is 9. The van der Waals surface area contributed by atoms with Gasteiger partial charge in [0.15, 0.2) is 0 Å². The Labute approximate surface area is 225 Å². The molecule has 3 N–H and O–H groups in total. The van der Waals surface area contributed by atoms with Crippen molar-refractivity contribution in [2.45, 2.75) is 58.2 Å². The summed E-state index contributed by atoms with van der Waals surface area (Å²) in [6.45, 7) is 6.94. The van der Waals surface area contributed by atoms with Crippen LogP contribution in [0.15, 0.2) is 36.5 Å². The Balaban J connectivity index is 1.13. The fourth-order valence-electron chi connectivity index (χ4n) is 3.93. The summed E-state index contributed by atoms with van der Waals surface area (Å²) in [6, 6.07) is 8.01. The highest BCUT2D eigenvalue weighted by molar-refractivity contribution is 5.92. The summed E-state index contributed by atoms with van der Waals surface area (Å²) >= 11 is 0. The van der Waals surface area contributed by atoms with E-state index in [1.165, 1.54) is 15.9 Å². The minimum atomic E-state index is -0.773. The minimum Gasteiger partial charge on any atom is -0.445 e. The molecule has 14 nitrogen and oxygen atoms in total. The van der Waals surface area contributed by atoms with Gasteiger partial charge in [-0.1, -0.05) is 30.3 Å². The monoisotopic (exact) mass is 543 g/mol. The van der Waals surface area contributed by atoms with Crippen molar-refractivity contribution in [3.63, 3.8) is 0 Å². The first-order valence-corrected chi connectivity index (χ1v) is 12.6. The molecule has 1 aromatic carbocycles. The quantitative estimate of drug-likeness (QED) is 0.311. The normalized spacial score (nSPS) is 18.7. The Kier molecular flexibility index (Phi) is 8.52. The summed E-state index contributed by atoms with van der Waals surface area (Å²) in [4.78, 5) is 51.0. The molecular formula is C25H33N7O7. The molecule has 2 aromatic rings. The first-order chi connectivity index (χ1) is 18.6. The zero-order chi connectivity index (χ0) is 28.0. The summed E-state index contributed by atoms with van der Waals surface area (Å²) in [5.74, 6) is -0.201. The van der Waals surface area contributed by atoms with E-state index in [9.17, 15) is 19.2 Å². The molecule has 2 aliphatic heterocycles. The van der Waals surface area contributed by atoms with E-state index in [0.717, 1.165) is 5.56 Å². The number of hydrogen-bond donors (Lipinski definition) is 3. The summed E-state index contributed by atoms with van der Waals surface area (Å²) in [6.07, 6.45) is -0.201. The van der Waals surface area contributed by atoms with Crippen LogP contribution in [0.1, 0.15) is 32.0 Å². The maximum atomic E-state index is 12.3. The highest BCUT2D eigenvalue weighted by Crippen LogP contribution is 2.17. The summed E-state index contributed by atoms with van der Waals surface area (Å²) < 4.78 is 15.7. The Morgan fingerprint density at radius 2 is 1.82 bits per heavy atom. The van der Waals surface area contributed by atoms with Gasteiger partial charge in [-0.3, -0.25) is 4.79 Å². The van der Waals surface area contributed by atoms with Crippen LogP contribution in [0, 0.1) is 5.92 Å². The molecule has 0 aliphatic carbocycles. The van der Waals surface area contributed by atoms with E-state index in [-0.39, 0.29) is 31.6 Å². The average molecular weight is 544 g/mol. The number of nitrogens with zero attached hydrogens (tertiary/aromatic N) is 4. The number of alkyl carbamates (subject to hydrolysis) is 2. The van der Waals surface area contributed by atoms with E-state index in [0.29, 0.717) is 25.3 Å². The minimum absolute atomic E-state index is 0.0688. The number of rotatable bonds is 9. The lowest BCUT2D eigenvalue weighted by molar-refractivity contribution is -0.132. The van der Waals surface area contributed by atoms with Crippen molar-refractivity contribution in [2.75, 3.05) is 19.6 Å². The Morgan fingerprint density at radius 3 is 2.51 bits per heavy atom. The molecule has 2 fully saturated rings. The Morgan fingerprint density at radius 1 is 1.08 bits per heavy atom. The number of likely N-dealkylation sites (tertiary alicyclic amines) is 1. The number of nitrogens with one attached hydrogen (secondary N) is 3. The molecule has 14 heteroatoms. The van der Waals surface area contributed by atoms with Gasteiger partial charge in [-0.2, -0.15) is 15.0 Å². The van der Waals surface area contributed by atoms with Crippen molar-refractivity contribution >= 4 is 24.2 Å². The second kappa shape index (κ2) is 12.0. The Hall–Kier alpha value is -4.36. The van der Waals surface area contributed by atoms with Crippen molar-refractivity contribution in [1.82, 2.24) is 35.8 Å². The van der Waals surface area contributed by atoms with E-state index in [2.05, 4.69) is 26.1 Å². The van der Waals surface area contributed by atoms with Crippen LogP contribution in [-0.2, 0) is 38.8 Å². The molecule has 2 aliphatic rings. The van der Waals surface area contributed by atoms with Gasteiger partial charge >= 0.3 is 18.3 Å². The number of ether oxygens (including phenoxy) is 3. The second-order valence-electron chi connectivity index (χ2n) is 10.4. The molecule has 210 valence electrons. The number of carbonyl (C=O) groups excluding carboxylic acids is 4. The molecule has 4 amide bonds. The molecule has 0 unspecified atom stereocenters. The molecule has 3 heterocycles. The van der Waals surface area contributed by atoms with Gasteiger partial charge in [0, 0.05) is 25.6 Å². The number of benzene rings is 1. The predicted octanol–water partition coefficient (Wildman–Crippen LogP) is 1.16. The van der Waals surface area contributed by atoms with Crippen LogP contribution in [0.4, 0.5) is 14.4 Å². The van der Waals surface area contributed by atoms with Crippen LogP contribution in [0.25, 0.3) is 0 Å². The zero-order valence-corrected chi connectivity index (χ0v) is 22.1. The molecule has 1 aromatic heterocycles. The summed E-state index contributed by atoms with van der Waals surface area (Å²) in [7, 11) is 0. The number of β-lactam (4-membered cyclic amide) rings is 1. The fourth-order valence-corrected chi connectivity index (χ4v) is 3.93. The SMILES string of the molecule is CC(C)(C)OC(=O)NCC1CN(C(=O)OCc2cnn(C[C@H]3NC(=O)[C@H]3NC(=O)OCc3ccccc3)n2)C1. The third-order valence-corrected chi connectivity index (χ3v) is 5.94. The molecule has 39 heavy (non-hydrogen) atoms. The van der Waals surface area contributed by atoms with Gasteiger partial charge in [-0.25, -0.2) is 14.4 Å². The van der Waals surface area contributed by atoms with Crippen LogP contribution in [-0.4, -0.2) is 81.4 Å². The van der Waals surface area contributed by atoms with E-state index in [1.807, 2.05) is 30.3 Å². The second-order valence-corrected chi connectivity index (χ2v) is 10.4. The van der Waals surface area contributed by atoms with Crippen molar-refractivity contribution in [3.05, 3.63) is 47.8 Å². The van der Waals surface area contributed by atoms with Gasteiger partial charge in [0.1, 0.15) is 30.6 Å². The van der Waals surface area contributed by atoms with Crippen LogP contribution < -0.4 is 16.0 Å². The smallest absolute Gasteiger partial charge is 0.410 e. The maximum Gasteiger partial charge on any atom is 0.410 e. The fraction of sp³-hybridized carbons (Fsp3) is 0.520. The molecule has 2 saturated heterocycles. The summed E-state index contributed by atoms with van der Waals surface area (Å²) in [5, 5.41) is 16.4. The van der Waals surface area contributed by atoms with Crippen molar-refractivity contribution in [2.24, 2.45) is 5.92 Å². The van der Waals surface area contributed by atoms with Crippen LogP contribution in [0.5, 0.6) is 0 Å². The lowest BCUT2D eigenvalue weighted by atomic mass is 9.99. The molecule has 0 radical (unpaired) electrons. The van der Waals surface area contributed by atoms with E-state index >= 15 is 0 Å². The highest BCUT2D eigenvalue weighted by atomic mass is 16.6. The molecule has 0 spiro atoms. The highest BCUT2D eigenvalue weighted by Gasteiger charge is 2.41. The van der Waals surface area contributed by atoms with Crippen LogP contribution in [0.2, 0.25) is 0 Å². The van der Waals surface area contributed by atoms with E-state index < -0.39 is 36.0 Å². The van der Waals surface area contributed by atoms with Crippen molar-refractivity contribution < 1.29 is 33.4 Å². The third-order valence-electron chi connectivity index (χ3n) is 5.94. The van der Waals surface area contributed by atoms with Crippen LogP contribution in [0.3, 0.4) is 0 Å². The lowest BCUT2D eigenvalue weighted by Crippen LogP contribution is -2.70. The predicted molar refractivity (Wildman–Crippen MR) is 135 cm³/mol. The molecular weight excluding hydrogens is 510 g/mol. The van der Waals surface area contributed by atoms with Gasteiger partial charge in [0.2, 0.25) is 5.91 Å². The number of amides is 4. The number of carbonyl (C=O) groups is 4. The van der Waals surface area contributed by atoms with Gasteiger partial charge < -0.3 is 35.1 Å². The topological polar surface area (TPSA) is 166 Å². The van der Waals surface area contributed by atoms with Crippen molar-refractivity contribution in [3.8, 4) is 0 Å². The van der Waals surface area contributed by atoms with Crippen molar-refractivity contribution in [1.29, 1.82) is 0 Å². The first kappa shape index (κ1) is 27.7. The first-order valence-electron chi connectivity index (χ1n) is 12.6. The number of aromatic nitrogens is 3. The zero-order valence-electron chi connectivity index (χ0n) is 22.1.